The highest BCUT2D eigenvalue weighted by atomic mass is 32.2. The van der Waals surface area contributed by atoms with E-state index < -0.39 is 16.0 Å². The van der Waals surface area contributed by atoms with Crippen LogP contribution in [0.5, 0.6) is 5.75 Å². The third kappa shape index (κ3) is 3.95. The first-order valence-corrected chi connectivity index (χ1v) is 8.34. The topological polar surface area (TPSA) is 95.7 Å². The van der Waals surface area contributed by atoms with Crippen LogP contribution < -0.4 is 9.88 Å². The van der Waals surface area contributed by atoms with Crippen molar-refractivity contribution in [1.82, 2.24) is 0 Å². The van der Waals surface area contributed by atoms with Crippen LogP contribution in [0, 0.1) is 5.92 Å². The molecule has 21 heavy (non-hydrogen) atoms. The van der Waals surface area contributed by atoms with Crippen molar-refractivity contribution >= 4 is 16.0 Å². The number of ether oxygens (including phenoxy) is 2. The molecule has 1 aromatic rings. The summed E-state index contributed by atoms with van der Waals surface area (Å²) in [7, 11) is -2.48. The minimum Gasteiger partial charge on any atom is -0.496 e. The van der Waals surface area contributed by atoms with Crippen molar-refractivity contribution in [3.8, 4) is 5.75 Å². The predicted octanol–water partition coefficient (Wildman–Crippen LogP) is 1.69. The minimum absolute atomic E-state index is 0.0673. The fraction of sp³-hybridized carbons (Fsp3) is 0.500. The summed E-state index contributed by atoms with van der Waals surface area (Å²) in [4.78, 5) is 11.9. The van der Waals surface area contributed by atoms with Crippen LogP contribution in [0.3, 0.4) is 0 Å². The number of esters is 1. The van der Waals surface area contributed by atoms with Crippen molar-refractivity contribution in [2.75, 3.05) is 13.7 Å². The molecule has 2 rings (SSSR count). The monoisotopic (exact) mass is 313 g/mol. The fourth-order valence-electron chi connectivity index (χ4n) is 2.20. The second-order valence-electron chi connectivity index (χ2n) is 5.13. The first-order chi connectivity index (χ1) is 9.91. The number of hydrogen-bond donors (Lipinski definition) is 1. The normalized spacial score (nSPS) is 15.3. The average Bonchev–Trinajstić information content (AvgIpc) is 2.39. The van der Waals surface area contributed by atoms with Crippen LogP contribution in [0.25, 0.3) is 0 Å². The molecule has 6 nitrogen and oxygen atoms in total. The maximum atomic E-state index is 12.1. The standard InChI is InChI=1S/C14H19NO5S/c1-19-13-6-5-11(21(15,17)18)9-12(13)14(16)20-8-7-10-3-2-4-10/h5-6,9-10H,2-4,7-8H2,1H3,(H2,15,17,18). The molecule has 0 unspecified atom stereocenters. The van der Waals surface area contributed by atoms with Crippen molar-refractivity contribution in [2.45, 2.75) is 30.6 Å². The van der Waals surface area contributed by atoms with Crippen molar-refractivity contribution in [3.05, 3.63) is 23.8 Å². The summed E-state index contributed by atoms with van der Waals surface area (Å²) < 4.78 is 32.9. The number of carbonyl (C=O) groups excluding carboxylic acids is 1. The van der Waals surface area contributed by atoms with E-state index in [9.17, 15) is 13.2 Å². The number of nitrogens with two attached hydrogens (primary N) is 1. The Labute approximate surface area is 124 Å². The Morgan fingerprint density at radius 1 is 1.38 bits per heavy atom. The molecule has 1 aromatic carbocycles. The quantitative estimate of drug-likeness (QED) is 0.806. The van der Waals surface area contributed by atoms with Crippen molar-refractivity contribution in [3.63, 3.8) is 0 Å². The third-order valence-corrected chi connectivity index (χ3v) is 4.61. The highest BCUT2D eigenvalue weighted by Crippen LogP contribution is 2.29. The molecular weight excluding hydrogens is 294 g/mol. The number of methoxy groups -OCH3 is 1. The zero-order valence-corrected chi connectivity index (χ0v) is 12.7. The van der Waals surface area contributed by atoms with Gasteiger partial charge < -0.3 is 9.47 Å². The molecule has 116 valence electrons. The Morgan fingerprint density at radius 3 is 2.62 bits per heavy atom. The molecule has 0 radical (unpaired) electrons. The smallest absolute Gasteiger partial charge is 0.341 e. The summed E-state index contributed by atoms with van der Waals surface area (Å²) in [5.41, 5.74) is 0.0673. The SMILES string of the molecule is COc1ccc(S(N)(=O)=O)cc1C(=O)OCCC1CCC1. The number of benzene rings is 1. The van der Waals surface area contributed by atoms with Gasteiger partial charge in [-0.3, -0.25) is 0 Å². The number of hydrogen-bond acceptors (Lipinski definition) is 5. The number of rotatable bonds is 6. The van der Waals surface area contributed by atoms with Gasteiger partial charge in [0.05, 0.1) is 18.6 Å². The highest BCUT2D eigenvalue weighted by Gasteiger charge is 2.20. The lowest BCUT2D eigenvalue weighted by Crippen LogP contribution is -2.17. The minimum atomic E-state index is -3.88. The van der Waals surface area contributed by atoms with Crippen LogP contribution in [0.2, 0.25) is 0 Å². The summed E-state index contributed by atoms with van der Waals surface area (Å²) >= 11 is 0. The summed E-state index contributed by atoms with van der Waals surface area (Å²) in [5.74, 6) is 0.295. The van der Waals surface area contributed by atoms with E-state index in [1.54, 1.807) is 0 Å². The van der Waals surface area contributed by atoms with Crippen LogP contribution in [0.4, 0.5) is 0 Å². The van der Waals surface area contributed by atoms with Gasteiger partial charge in [-0.25, -0.2) is 18.4 Å². The zero-order valence-electron chi connectivity index (χ0n) is 11.9. The second kappa shape index (κ2) is 6.44. The van der Waals surface area contributed by atoms with Crippen LogP contribution in [-0.4, -0.2) is 28.1 Å². The summed E-state index contributed by atoms with van der Waals surface area (Å²) in [6, 6.07) is 3.86. The van der Waals surface area contributed by atoms with E-state index in [-0.39, 0.29) is 16.2 Å². The van der Waals surface area contributed by atoms with Gasteiger partial charge in [0.2, 0.25) is 10.0 Å². The molecule has 0 spiro atoms. The van der Waals surface area contributed by atoms with E-state index in [4.69, 9.17) is 14.6 Å². The van der Waals surface area contributed by atoms with Crippen LogP contribution >= 0.6 is 0 Å². The van der Waals surface area contributed by atoms with Crippen molar-refractivity contribution in [2.24, 2.45) is 11.1 Å². The van der Waals surface area contributed by atoms with Crippen LogP contribution in [-0.2, 0) is 14.8 Å². The Kier molecular flexibility index (Phi) is 4.84. The Hall–Kier alpha value is -1.60. The molecule has 0 aromatic heterocycles. The van der Waals surface area contributed by atoms with Gasteiger partial charge in [-0.05, 0) is 30.5 Å². The maximum absolute atomic E-state index is 12.1. The number of primary sulfonamides is 1. The summed E-state index contributed by atoms with van der Waals surface area (Å²) in [6.07, 6.45) is 4.44. The van der Waals surface area contributed by atoms with Gasteiger partial charge in [-0.15, -0.1) is 0 Å². The van der Waals surface area contributed by atoms with Gasteiger partial charge in [0.25, 0.3) is 0 Å². The molecule has 0 amide bonds. The average molecular weight is 313 g/mol. The van der Waals surface area contributed by atoms with Gasteiger partial charge in [0.15, 0.2) is 0 Å². The van der Waals surface area contributed by atoms with Gasteiger partial charge in [0.1, 0.15) is 11.3 Å². The van der Waals surface area contributed by atoms with E-state index in [0.717, 1.165) is 6.42 Å². The largest absolute Gasteiger partial charge is 0.496 e. The molecule has 2 N–H and O–H groups in total. The molecule has 1 saturated carbocycles. The Balaban J connectivity index is 2.09. The van der Waals surface area contributed by atoms with Crippen molar-refractivity contribution < 1.29 is 22.7 Å². The molecule has 7 heteroatoms. The van der Waals surface area contributed by atoms with Gasteiger partial charge >= 0.3 is 5.97 Å². The highest BCUT2D eigenvalue weighted by molar-refractivity contribution is 7.89. The second-order valence-corrected chi connectivity index (χ2v) is 6.69. The van der Waals surface area contributed by atoms with Crippen LogP contribution in [0.1, 0.15) is 36.0 Å². The van der Waals surface area contributed by atoms with Crippen molar-refractivity contribution in [1.29, 1.82) is 0 Å². The lowest BCUT2D eigenvalue weighted by atomic mass is 9.83. The molecule has 0 atom stereocenters. The Bertz CT molecular complexity index is 622. The van der Waals surface area contributed by atoms with E-state index in [2.05, 4.69) is 0 Å². The molecule has 0 bridgehead atoms. The maximum Gasteiger partial charge on any atom is 0.341 e. The number of sulfonamides is 1. The molecule has 0 aliphatic heterocycles. The third-order valence-electron chi connectivity index (χ3n) is 3.70. The first-order valence-electron chi connectivity index (χ1n) is 6.80. The van der Waals surface area contributed by atoms with Gasteiger partial charge in [0, 0.05) is 0 Å². The predicted molar refractivity (Wildman–Crippen MR) is 76.6 cm³/mol. The molecule has 0 heterocycles. The zero-order chi connectivity index (χ0) is 15.5. The molecule has 0 saturated heterocycles. The Morgan fingerprint density at radius 2 is 2.10 bits per heavy atom. The summed E-state index contributed by atoms with van der Waals surface area (Å²) in [5, 5.41) is 5.06. The molecule has 1 aliphatic carbocycles. The molecular formula is C14H19NO5S. The lowest BCUT2D eigenvalue weighted by molar-refractivity contribution is 0.0460. The van der Waals surface area contributed by atoms with Gasteiger partial charge in [-0.2, -0.15) is 0 Å². The lowest BCUT2D eigenvalue weighted by Gasteiger charge is -2.24. The number of carbonyl (C=O) groups is 1. The molecule has 1 fully saturated rings. The summed E-state index contributed by atoms with van der Waals surface area (Å²) in [6.45, 7) is 0.326. The van der Waals surface area contributed by atoms with E-state index in [0.29, 0.717) is 12.5 Å². The first kappa shape index (κ1) is 15.8. The molecule has 1 aliphatic rings. The fourth-order valence-corrected chi connectivity index (χ4v) is 2.74. The van der Waals surface area contributed by atoms with E-state index in [1.807, 2.05) is 0 Å². The van der Waals surface area contributed by atoms with E-state index >= 15 is 0 Å². The van der Waals surface area contributed by atoms with E-state index in [1.165, 1.54) is 44.6 Å². The van der Waals surface area contributed by atoms with Crippen LogP contribution in [0.15, 0.2) is 23.1 Å². The van der Waals surface area contributed by atoms with Gasteiger partial charge in [-0.1, -0.05) is 19.3 Å².